The van der Waals surface area contributed by atoms with E-state index in [1.807, 2.05) is 22.2 Å². The van der Waals surface area contributed by atoms with E-state index in [0.29, 0.717) is 11.0 Å². The smallest absolute Gasteiger partial charge is 0.210 e. The second-order valence-electron chi connectivity index (χ2n) is 2.32. The molecule has 0 unspecified atom stereocenters. The van der Waals surface area contributed by atoms with E-state index >= 15 is 0 Å². The van der Waals surface area contributed by atoms with E-state index in [4.69, 9.17) is 5.73 Å². The van der Waals surface area contributed by atoms with E-state index < -0.39 is 0 Å². The van der Waals surface area contributed by atoms with Crippen LogP contribution < -0.4 is 5.73 Å². The Morgan fingerprint density at radius 3 is 3.00 bits per heavy atom. The average Bonchev–Trinajstić information content (AvgIpc) is 2.74. The molecule has 0 saturated carbocycles. The fraction of sp³-hybridized carbons (Fsp3) is 0. The van der Waals surface area contributed by atoms with Gasteiger partial charge < -0.3 is 5.73 Å². The normalized spacial score (nSPS) is 11.8. The number of aliphatic imine (C=N–C) groups is 1. The van der Waals surface area contributed by atoms with Gasteiger partial charge in [-0.05, 0) is 11.4 Å². The molecule has 0 aliphatic carbocycles. The highest BCUT2D eigenvalue weighted by Crippen LogP contribution is 2.16. The highest BCUT2D eigenvalue weighted by atomic mass is 32.1. The lowest BCUT2D eigenvalue weighted by atomic mass is 10.3. The Hall–Kier alpha value is -1.20. The predicted octanol–water partition coefficient (Wildman–Crippen LogP) is 2.24. The van der Waals surface area contributed by atoms with Crippen LogP contribution in [-0.2, 0) is 0 Å². The molecule has 13 heavy (non-hydrogen) atoms. The highest BCUT2D eigenvalue weighted by molar-refractivity contribution is 7.13. The van der Waals surface area contributed by atoms with Crippen LogP contribution in [0.4, 0.5) is 5.13 Å². The number of hydrogen-bond donors (Lipinski definition) is 1. The van der Waals surface area contributed by atoms with Gasteiger partial charge in [-0.25, -0.2) is 9.98 Å². The third-order valence-corrected chi connectivity index (χ3v) is 2.80. The van der Waals surface area contributed by atoms with Gasteiger partial charge in [0.1, 0.15) is 5.84 Å². The summed E-state index contributed by atoms with van der Waals surface area (Å²) in [5.74, 6) is 0.524. The molecule has 0 atom stereocenters. The fourth-order valence-corrected chi connectivity index (χ4v) is 2.01. The topological polar surface area (TPSA) is 51.3 Å². The molecule has 0 spiro atoms. The van der Waals surface area contributed by atoms with Gasteiger partial charge >= 0.3 is 0 Å². The van der Waals surface area contributed by atoms with E-state index in [2.05, 4.69) is 9.98 Å². The van der Waals surface area contributed by atoms with Crippen LogP contribution in [0.2, 0.25) is 0 Å². The molecule has 2 heterocycles. The summed E-state index contributed by atoms with van der Waals surface area (Å²) in [6.45, 7) is 0. The summed E-state index contributed by atoms with van der Waals surface area (Å²) < 4.78 is 0. The summed E-state index contributed by atoms with van der Waals surface area (Å²) in [5, 5.41) is 6.51. The zero-order chi connectivity index (χ0) is 9.10. The molecule has 2 aromatic heterocycles. The fourth-order valence-electron chi connectivity index (χ4n) is 0.849. The third kappa shape index (κ3) is 1.93. The van der Waals surface area contributed by atoms with Gasteiger partial charge in [-0.3, -0.25) is 0 Å². The molecule has 0 fully saturated rings. The van der Waals surface area contributed by atoms with Crippen LogP contribution in [0.5, 0.6) is 0 Å². The molecule has 0 aliphatic rings. The number of aromatic nitrogens is 1. The summed E-state index contributed by atoms with van der Waals surface area (Å²) in [7, 11) is 0. The van der Waals surface area contributed by atoms with Gasteiger partial charge in [0.15, 0.2) is 0 Å². The second-order valence-corrected chi connectivity index (χ2v) is 3.98. The largest absolute Gasteiger partial charge is 0.383 e. The lowest BCUT2D eigenvalue weighted by Gasteiger charge is -1.92. The lowest BCUT2D eigenvalue weighted by Crippen LogP contribution is -2.11. The van der Waals surface area contributed by atoms with Crippen LogP contribution in [0.15, 0.2) is 33.4 Å². The van der Waals surface area contributed by atoms with Crippen molar-refractivity contribution in [2.45, 2.75) is 0 Å². The summed E-state index contributed by atoms with van der Waals surface area (Å²) >= 11 is 3.08. The number of amidine groups is 1. The lowest BCUT2D eigenvalue weighted by molar-refractivity contribution is 1.34. The molecular weight excluding hydrogens is 202 g/mol. The number of rotatable bonds is 2. The Morgan fingerprint density at radius 1 is 1.46 bits per heavy atom. The Bertz CT molecular complexity index is 389. The third-order valence-electron chi connectivity index (χ3n) is 1.45. The predicted molar refractivity (Wildman–Crippen MR) is 56.8 cm³/mol. The Morgan fingerprint density at radius 2 is 2.38 bits per heavy atom. The van der Waals surface area contributed by atoms with Crippen molar-refractivity contribution in [3.8, 4) is 0 Å². The van der Waals surface area contributed by atoms with Crippen LogP contribution in [0.25, 0.3) is 0 Å². The van der Waals surface area contributed by atoms with Crippen molar-refractivity contribution in [2.75, 3.05) is 0 Å². The van der Waals surface area contributed by atoms with Crippen molar-refractivity contribution in [1.29, 1.82) is 0 Å². The summed E-state index contributed by atoms with van der Waals surface area (Å²) in [4.78, 5) is 8.19. The van der Waals surface area contributed by atoms with Crippen molar-refractivity contribution in [2.24, 2.45) is 10.7 Å². The molecule has 3 nitrogen and oxygen atoms in total. The molecule has 2 rings (SSSR count). The zero-order valence-corrected chi connectivity index (χ0v) is 8.31. The maximum absolute atomic E-state index is 5.75. The number of hydrogen-bond acceptors (Lipinski definition) is 4. The van der Waals surface area contributed by atoms with E-state index in [-0.39, 0.29) is 0 Å². The van der Waals surface area contributed by atoms with E-state index in [9.17, 15) is 0 Å². The first-order chi connectivity index (χ1) is 6.36. The van der Waals surface area contributed by atoms with Crippen LogP contribution in [0, 0.1) is 0 Å². The quantitative estimate of drug-likeness (QED) is 0.609. The number of nitrogens with two attached hydrogens (primary N) is 1. The molecule has 66 valence electrons. The first-order valence-corrected chi connectivity index (χ1v) is 5.45. The monoisotopic (exact) mass is 209 g/mol. The van der Waals surface area contributed by atoms with E-state index in [0.717, 1.165) is 5.56 Å². The Labute approximate surface area is 83.6 Å². The molecule has 2 N–H and O–H groups in total. The summed E-state index contributed by atoms with van der Waals surface area (Å²) in [5.41, 5.74) is 6.71. The molecule has 0 bridgehead atoms. The number of thiazole rings is 1. The Kier molecular flexibility index (Phi) is 2.37. The maximum atomic E-state index is 5.75. The van der Waals surface area contributed by atoms with Gasteiger partial charge in [0.2, 0.25) is 5.13 Å². The van der Waals surface area contributed by atoms with Gasteiger partial charge in [-0.2, -0.15) is 11.3 Å². The standard InChI is InChI=1S/C8H7N3S2/c9-7(6-1-3-12-5-6)11-8-10-2-4-13-8/h1-5H,(H2,9,10,11). The summed E-state index contributed by atoms with van der Waals surface area (Å²) in [6.07, 6.45) is 1.71. The minimum atomic E-state index is 0.524. The molecule has 0 aromatic carbocycles. The van der Waals surface area contributed by atoms with E-state index in [1.165, 1.54) is 11.3 Å². The minimum absolute atomic E-state index is 0.524. The van der Waals surface area contributed by atoms with Crippen molar-refractivity contribution >= 4 is 33.6 Å². The molecular formula is C8H7N3S2. The number of nitrogens with zero attached hydrogens (tertiary/aromatic N) is 2. The van der Waals surface area contributed by atoms with Gasteiger partial charge in [-0.1, -0.05) is 0 Å². The highest BCUT2D eigenvalue weighted by Gasteiger charge is 1.99. The first kappa shape index (κ1) is 8.40. The molecule has 0 saturated heterocycles. The Balaban J connectivity index is 2.27. The average molecular weight is 209 g/mol. The minimum Gasteiger partial charge on any atom is -0.383 e. The molecule has 0 amide bonds. The first-order valence-electron chi connectivity index (χ1n) is 3.62. The summed E-state index contributed by atoms with van der Waals surface area (Å²) in [6, 6.07) is 1.94. The van der Waals surface area contributed by atoms with Crippen LogP contribution in [0.3, 0.4) is 0 Å². The number of thiophene rings is 1. The van der Waals surface area contributed by atoms with Gasteiger partial charge in [-0.15, -0.1) is 11.3 Å². The van der Waals surface area contributed by atoms with Crippen molar-refractivity contribution < 1.29 is 0 Å². The molecule has 5 heteroatoms. The molecule has 2 aromatic rings. The second kappa shape index (κ2) is 3.68. The van der Waals surface area contributed by atoms with Crippen LogP contribution in [0.1, 0.15) is 5.56 Å². The zero-order valence-electron chi connectivity index (χ0n) is 6.68. The van der Waals surface area contributed by atoms with Crippen molar-refractivity contribution in [3.05, 3.63) is 34.0 Å². The van der Waals surface area contributed by atoms with E-state index in [1.54, 1.807) is 17.5 Å². The SMILES string of the molecule is N/C(=N\c1nccs1)c1ccsc1. The van der Waals surface area contributed by atoms with Gasteiger partial charge in [0, 0.05) is 22.5 Å². The molecule has 0 radical (unpaired) electrons. The van der Waals surface area contributed by atoms with Crippen molar-refractivity contribution in [3.63, 3.8) is 0 Å². The van der Waals surface area contributed by atoms with Gasteiger partial charge in [0.05, 0.1) is 0 Å². The van der Waals surface area contributed by atoms with Crippen LogP contribution in [-0.4, -0.2) is 10.8 Å². The van der Waals surface area contributed by atoms with Crippen LogP contribution >= 0.6 is 22.7 Å². The maximum Gasteiger partial charge on any atom is 0.210 e. The van der Waals surface area contributed by atoms with Crippen molar-refractivity contribution in [1.82, 2.24) is 4.98 Å². The van der Waals surface area contributed by atoms with Gasteiger partial charge in [0.25, 0.3) is 0 Å². The molecule has 0 aliphatic heterocycles.